The Hall–Kier alpha value is -3.52. The first-order chi connectivity index (χ1) is 14.1. The summed E-state index contributed by atoms with van der Waals surface area (Å²) in [6.45, 7) is -0.376. The Morgan fingerprint density at radius 2 is 1.72 bits per heavy atom. The van der Waals surface area contributed by atoms with Crippen molar-refractivity contribution < 1.29 is 14.3 Å². The highest BCUT2D eigenvalue weighted by atomic mass is 32.2. The van der Waals surface area contributed by atoms with Gasteiger partial charge >= 0.3 is 11.7 Å². The van der Waals surface area contributed by atoms with E-state index in [-0.39, 0.29) is 18.0 Å². The zero-order chi connectivity index (χ0) is 20.2. The molecule has 0 radical (unpaired) electrons. The number of aromatic amines is 2. The van der Waals surface area contributed by atoms with Crippen molar-refractivity contribution in [3.63, 3.8) is 0 Å². The maximum Gasteiger partial charge on any atom is 0.323 e. The molecule has 0 aliphatic heterocycles. The Bertz CT molecular complexity index is 1260. The number of hydrogen-bond donors (Lipinski definition) is 3. The van der Waals surface area contributed by atoms with Gasteiger partial charge in [-0.25, -0.2) is 4.79 Å². The first kappa shape index (κ1) is 18.8. The van der Waals surface area contributed by atoms with Crippen LogP contribution in [0.25, 0.3) is 21.8 Å². The van der Waals surface area contributed by atoms with Crippen LogP contribution in [-0.4, -0.2) is 34.2 Å². The first-order valence-electron chi connectivity index (χ1n) is 8.86. The normalized spacial score (nSPS) is 10.9. The van der Waals surface area contributed by atoms with Crippen LogP contribution in [0.2, 0.25) is 0 Å². The highest BCUT2D eigenvalue weighted by molar-refractivity contribution is 8.00. The SMILES string of the molecule is O=C(COC(=O)CSc1ccc2ccccc2c1)Nc1ccc2[nH]c(=O)[nH]c2c1. The molecular formula is C21H17N3O4S. The minimum atomic E-state index is -0.469. The number of nitrogens with one attached hydrogen (secondary N) is 3. The van der Waals surface area contributed by atoms with Crippen LogP contribution in [0.1, 0.15) is 0 Å². The van der Waals surface area contributed by atoms with E-state index in [2.05, 4.69) is 15.3 Å². The van der Waals surface area contributed by atoms with E-state index in [4.69, 9.17) is 4.74 Å². The number of carbonyl (C=O) groups is 2. The molecule has 4 rings (SSSR count). The Labute approximate surface area is 169 Å². The number of carbonyl (C=O) groups excluding carboxylic acids is 2. The van der Waals surface area contributed by atoms with Crippen LogP contribution in [0.3, 0.4) is 0 Å². The molecular weight excluding hydrogens is 390 g/mol. The number of H-pyrrole nitrogens is 2. The summed E-state index contributed by atoms with van der Waals surface area (Å²) in [7, 11) is 0. The number of imidazole rings is 1. The molecule has 1 amide bonds. The van der Waals surface area contributed by atoms with Gasteiger partial charge in [-0.15, -0.1) is 11.8 Å². The van der Waals surface area contributed by atoms with Crippen molar-refractivity contribution in [3.8, 4) is 0 Å². The van der Waals surface area contributed by atoms with Gasteiger partial charge < -0.3 is 20.0 Å². The molecule has 0 saturated heterocycles. The third-order valence-electron chi connectivity index (χ3n) is 4.24. The van der Waals surface area contributed by atoms with Crippen LogP contribution < -0.4 is 11.0 Å². The number of anilines is 1. The van der Waals surface area contributed by atoms with Crippen molar-refractivity contribution in [1.82, 2.24) is 9.97 Å². The predicted molar refractivity (Wildman–Crippen MR) is 113 cm³/mol. The standard InChI is InChI=1S/C21H17N3O4S/c25-19(22-15-6-8-17-18(10-15)24-21(27)23-17)11-28-20(26)12-29-16-7-5-13-3-1-2-4-14(13)9-16/h1-10H,11-12H2,(H,22,25)(H2,23,24,27). The highest BCUT2D eigenvalue weighted by Gasteiger charge is 2.10. The zero-order valence-corrected chi connectivity index (χ0v) is 16.0. The molecule has 4 aromatic rings. The summed E-state index contributed by atoms with van der Waals surface area (Å²) in [5.74, 6) is -0.808. The van der Waals surface area contributed by atoms with Gasteiger partial charge in [-0.05, 0) is 41.1 Å². The summed E-state index contributed by atoms with van der Waals surface area (Å²) < 4.78 is 5.04. The molecule has 3 N–H and O–H groups in total. The lowest BCUT2D eigenvalue weighted by Gasteiger charge is -2.07. The lowest BCUT2D eigenvalue weighted by molar-refractivity contribution is -0.144. The van der Waals surface area contributed by atoms with E-state index in [0.29, 0.717) is 16.7 Å². The van der Waals surface area contributed by atoms with Gasteiger partial charge in [0, 0.05) is 10.6 Å². The molecule has 0 bridgehead atoms. The van der Waals surface area contributed by atoms with E-state index in [9.17, 15) is 14.4 Å². The number of amides is 1. The lowest BCUT2D eigenvalue weighted by atomic mass is 10.1. The third kappa shape index (κ3) is 4.67. The number of esters is 1. The Morgan fingerprint density at radius 3 is 2.59 bits per heavy atom. The third-order valence-corrected chi connectivity index (χ3v) is 5.21. The van der Waals surface area contributed by atoms with Crippen molar-refractivity contribution >= 4 is 51.1 Å². The second-order valence-corrected chi connectivity index (χ2v) is 7.39. The van der Waals surface area contributed by atoms with Gasteiger partial charge in [-0.1, -0.05) is 30.3 Å². The number of rotatable bonds is 6. The molecule has 0 spiro atoms. The highest BCUT2D eigenvalue weighted by Crippen LogP contribution is 2.23. The Balaban J connectivity index is 1.26. The topological polar surface area (TPSA) is 104 Å². The number of benzene rings is 3. The summed E-state index contributed by atoms with van der Waals surface area (Å²) in [5.41, 5.74) is 1.40. The Kier molecular flexibility index (Phi) is 5.35. The van der Waals surface area contributed by atoms with Crippen molar-refractivity contribution in [1.29, 1.82) is 0 Å². The average Bonchev–Trinajstić information content (AvgIpc) is 3.10. The molecule has 0 aliphatic rings. The van der Waals surface area contributed by atoms with Crippen LogP contribution in [0.15, 0.2) is 70.4 Å². The second-order valence-electron chi connectivity index (χ2n) is 6.35. The lowest BCUT2D eigenvalue weighted by Crippen LogP contribution is -2.21. The van der Waals surface area contributed by atoms with Crippen LogP contribution in [0.4, 0.5) is 5.69 Å². The van der Waals surface area contributed by atoms with Gasteiger partial charge in [0.25, 0.3) is 5.91 Å². The predicted octanol–water partition coefficient (Wildman–Crippen LogP) is 3.28. The average molecular weight is 407 g/mol. The fraction of sp³-hybridized carbons (Fsp3) is 0.0952. The smallest absolute Gasteiger partial charge is 0.323 e. The van der Waals surface area contributed by atoms with Gasteiger partial charge in [0.2, 0.25) is 0 Å². The molecule has 0 saturated carbocycles. The quantitative estimate of drug-likeness (QED) is 0.336. The monoisotopic (exact) mass is 407 g/mol. The number of ether oxygens (including phenoxy) is 1. The van der Waals surface area contributed by atoms with Gasteiger partial charge in [0.05, 0.1) is 16.8 Å². The minimum Gasteiger partial charge on any atom is -0.455 e. The van der Waals surface area contributed by atoms with Crippen LogP contribution >= 0.6 is 11.8 Å². The molecule has 0 atom stereocenters. The number of hydrogen-bond acceptors (Lipinski definition) is 5. The summed E-state index contributed by atoms with van der Waals surface area (Å²) in [4.78, 5) is 41.4. The second kappa shape index (κ2) is 8.24. The molecule has 0 fully saturated rings. The van der Waals surface area contributed by atoms with Crippen LogP contribution in [-0.2, 0) is 14.3 Å². The molecule has 146 valence electrons. The number of aromatic nitrogens is 2. The maximum atomic E-state index is 12.0. The largest absolute Gasteiger partial charge is 0.455 e. The molecule has 3 aromatic carbocycles. The van der Waals surface area contributed by atoms with Crippen molar-refractivity contribution in [3.05, 3.63) is 71.1 Å². The Morgan fingerprint density at radius 1 is 0.931 bits per heavy atom. The molecule has 29 heavy (non-hydrogen) atoms. The zero-order valence-electron chi connectivity index (χ0n) is 15.2. The summed E-state index contributed by atoms with van der Waals surface area (Å²) in [6.07, 6.45) is 0. The molecule has 7 nitrogen and oxygen atoms in total. The summed E-state index contributed by atoms with van der Waals surface area (Å²) in [6, 6.07) is 18.9. The maximum absolute atomic E-state index is 12.0. The fourth-order valence-corrected chi connectivity index (χ4v) is 3.64. The van der Waals surface area contributed by atoms with Crippen molar-refractivity contribution in [2.45, 2.75) is 4.90 Å². The van der Waals surface area contributed by atoms with E-state index in [0.717, 1.165) is 15.7 Å². The summed E-state index contributed by atoms with van der Waals surface area (Å²) in [5, 5.41) is 4.87. The van der Waals surface area contributed by atoms with Crippen LogP contribution in [0, 0.1) is 0 Å². The van der Waals surface area contributed by atoms with Gasteiger partial charge in [0.1, 0.15) is 0 Å². The molecule has 1 aromatic heterocycles. The summed E-state index contributed by atoms with van der Waals surface area (Å²) >= 11 is 1.36. The van der Waals surface area contributed by atoms with Crippen molar-refractivity contribution in [2.75, 3.05) is 17.7 Å². The molecule has 0 aliphatic carbocycles. The van der Waals surface area contributed by atoms with E-state index in [1.807, 2.05) is 42.5 Å². The van der Waals surface area contributed by atoms with Gasteiger partial charge in [-0.2, -0.15) is 0 Å². The van der Waals surface area contributed by atoms with Crippen molar-refractivity contribution in [2.24, 2.45) is 0 Å². The molecule has 0 unspecified atom stereocenters. The van der Waals surface area contributed by atoms with E-state index in [1.165, 1.54) is 11.8 Å². The van der Waals surface area contributed by atoms with E-state index < -0.39 is 11.9 Å². The van der Waals surface area contributed by atoms with E-state index >= 15 is 0 Å². The van der Waals surface area contributed by atoms with Gasteiger partial charge in [0.15, 0.2) is 6.61 Å². The molecule has 8 heteroatoms. The fourth-order valence-electron chi connectivity index (χ4n) is 2.89. The number of thioether (sulfide) groups is 1. The van der Waals surface area contributed by atoms with Gasteiger partial charge in [-0.3, -0.25) is 9.59 Å². The molecule has 1 heterocycles. The minimum absolute atomic E-state index is 0.113. The van der Waals surface area contributed by atoms with E-state index in [1.54, 1.807) is 18.2 Å². The van der Waals surface area contributed by atoms with Crippen LogP contribution in [0.5, 0.6) is 0 Å². The first-order valence-corrected chi connectivity index (χ1v) is 9.84. The number of fused-ring (bicyclic) bond motifs is 2.